The zero-order chi connectivity index (χ0) is 26.5. The number of likely N-dealkylation sites (tertiary alicyclic amines) is 1. The van der Waals surface area contributed by atoms with Crippen LogP contribution in [0, 0.1) is 11.8 Å². The molecule has 2 aliphatic carbocycles. The number of Topliss-reactive ketones (excluding diaryl/α,β-unsaturated/α-hetero) is 1. The Bertz CT molecular complexity index is 844. The molecule has 5 amide bonds. The number of rotatable bonds is 9. The summed E-state index contributed by atoms with van der Waals surface area (Å²) in [4.78, 5) is 65.3. The first-order valence-electron chi connectivity index (χ1n) is 13.5. The summed E-state index contributed by atoms with van der Waals surface area (Å²) in [5, 5.41) is 8.50. The minimum absolute atomic E-state index is 0.00378. The fraction of sp³-hybridized carbons (Fsp3) is 0.808. The number of amides is 5. The van der Waals surface area contributed by atoms with Crippen LogP contribution in [0.15, 0.2) is 0 Å². The maximum absolute atomic E-state index is 13.8. The highest BCUT2D eigenvalue weighted by Gasteiger charge is 2.42. The molecular weight excluding hydrogens is 462 g/mol. The molecule has 10 heteroatoms. The Morgan fingerprint density at radius 2 is 1.56 bits per heavy atom. The maximum Gasteiger partial charge on any atom is 0.315 e. The zero-order valence-electron chi connectivity index (χ0n) is 21.9. The number of ketones is 1. The van der Waals surface area contributed by atoms with Gasteiger partial charge in [0, 0.05) is 12.1 Å². The van der Waals surface area contributed by atoms with E-state index >= 15 is 0 Å². The lowest BCUT2D eigenvalue weighted by Crippen LogP contribution is -2.60. The molecule has 3 fully saturated rings. The average Bonchev–Trinajstić information content (AvgIpc) is 3.27. The Morgan fingerprint density at radius 3 is 2.11 bits per heavy atom. The quantitative estimate of drug-likeness (QED) is 0.352. The van der Waals surface area contributed by atoms with Crippen LogP contribution in [0.4, 0.5) is 4.79 Å². The number of carbonyl (C=O) groups excluding carboxylic acids is 5. The number of primary amides is 1. The molecule has 3 atom stereocenters. The molecule has 5 N–H and O–H groups in total. The van der Waals surface area contributed by atoms with Crippen molar-refractivity contribution in [3.8, 4) is 0 Å². The van der Waals surface area contributed by atoms with E-state index in [-0.39, 0.29) is 17.7 Å². The zero-order valence-corrected chi connectivity index (χ0v) is 21.9. The van der Waals surface area contributed by atoms with E-state index in [1.165, 1.54) is 0 Å². The smallest absolute Gasteiger partial charge is 0.315 e. The van der Waals surface area contributed by atoms with Gasteiger partial charge in [0.1, 0.15) is 12.1 Å². The van der Waals surface area contributed by atoms with Gasteiger partial charge in [0.2, 0.25) is 17.6 Å². The van der Waals surface area contributed by atoms with Gasteiger partial charge >= 0.3 is 6.03 Å². The molecule has 0 aromatic carbocycles. The number of urea groups is 1. The van der Waals surface area contributed by atoms with Crippen molar-refractivity contribution in [3.63, 3.8) is 0 Å². The molecule has 0 bridgehead atoms. The van der Waals surface area contributed by atoms with Gasteiger partial charge in [-0.25, -0.2) is 4.79 Å². The van der Waals surface area contributed by atoms with Crippen LogP contribution in [-0.2, 0) is 19.2 Å². The number of nitrogens with one attached hydrogen (secondary N) is 3. The Morgan fingerprint density at radius 1 is 0.889 bits per heavy atom. The number of nitrogens with zero attached hydrogens (tertiary/aromatic N) is 1. The normalized spacial score (nSPS) is 22.8. The van der Waals surface area contributed by atoms with Crippen molar-refractivity contribution in [2.75, 3.05) is 6.54 Å². The highest BCUT2D eigenvalue weighted by molar-refractivity contribution is 6.37. The summed E-state index contributed by atoms with van der Waals surface area (Å²) in [7, 11) is 0. The first-order valence-corrected chi connectivity index (χ1v) is 13.5. The van der Waals surface area contributed by atoms with Crippen molar-refractivity contribution in [3.05, 3.63) is 0 Å². The van der Waals surface area contributed by atoms with Gasteiger partial charge in [-0.2, -0.15) is 0 Å². The van der Waals surface area contributed by atoms with Crippen molar-refractivity contribution in [1.82, 2.24) is 20.9 Å². The molecule has 0 spiro atoms. The van der Waals surface area contributed by atoms with Crippen molar-refractivity contribution in [1.29, 1.82) is 0 Å². The largest absolute Gasteiger partial charge is 0.363 e. The van der Waals surface area contributed by atoms with Crippen LogP contribution in [0.2, 0.25) is 0 Å². The van der Waals surface area contributed by atoms with Crippen LogP contribution in [0.1, 0.15) is 91.4 Å². The van der Waals surface area contributed by atoms with Gasteiger partial charge in [-0.15, -0.1) is 0 Å². The molecule has 0 radical (unpaired) electrons. The molecule has 2 saturated carbocycles. The molecule has 3 rings (SSSR count). The van der Waals surface area contributed by atoms with Gasteiger partial charge < -0.3 is 26.6 Å². The molecule has 36 heavy (non-hydrogen) atoms. The van der Waals surface area contributed by atoms with Crippen molar-refractivity contribution in [2.45, 2.75) is 115 Å². The van der Waals surface area contributed by atoms with E-state index in [1.54, 1.807) is 4.90 Å². The predicted molar refractivity (Wildman–Crippen MR) is 135 cm³/mol. The molecule has 202 valence electrons. The fourth-order valence-electron chi connectivity index (χ4n) is 5.58. The summed E-state index contributed by atoms with van der Waals surface area (Å²) in [5.41, 5.74) is 4.78. The second kappa shape index (κ2) is 12.1. The second-order valence-corrected chi connectivity index (χ2v) is 11.7. The first kappa shape index (κ1) is 27.9. The third-order valence-corrected chi connectivity index (χ3v) is 7.67. The van der Waals surface area contributed by atoms with E-state index in [2.05, 4.69) is 16.0 Å². The summed E-state index contributed by atoms with van der Waals surface area (Å²) in [6.45, 7) is 6.02. The third kappa shape index (κ3) is 7.43. The summed E-state index contributed by atoms with van der Waals surface area (Å²) < 4.78 is 0. The van der Waals surface area contributed by atoms with Gasteiger partial charge in [-0.3, -0.25) is 19.2 Å². The Balaban J connectivity index is 1.73. The number of hydrogen-bond donors (Lipinski definition) is 4. The monoisotopic (exact) mass is 505 g/mol. The molecule has 0 aromatic rings. The van der Waals surface area contributed by atoms with Crippen LogP contribution in [0.5, 0.6) is 0 Å². The summed E-state index contributed by atoms with van der Waals surface area (Å²) in [5.74, 6) is -2.29. The van der Waals surface area contributed by atoms with Crippen LogP contribution in [-0.4, -0.2) is 64.6 Å². The number of nitrogens with two attached hydrogens (primary N) is 1. The van der Waals surface area contributed by atoms with E-state index < -0.39 is 47.3 Å². The maximum atomic E-state index is 13.8. The Kier molecular flexibility index (Phi) is 9.35. The predicted octanol–water partition coefficient (Wildman–Crippen LogP) is 1.75. The van der Waals surface area contributed by atoms with Gasteiger partial charge in [0.25, 0.3) is 5.91 Å². The molecule has 0 aromatic heterocycles. The lowest BCUT2D eigenvalue weighted by atomic mass is 9.80. The highest BCUT2D eigenvalue weighted by atomic mass is 16.2. The van der Waals surface area contributed by atoms with Crippen molar-refractivity contribution in [2.24, 2.45) is 17.6 Å². The van der Waals surface area contributed by atoms with Crippen LogP contribution >= 0.6 is 0 Å². The van der Waals surface area contributed by atoms with E-state index in [9.17, 15) is 24.0 Å². The summed E-state index contributed by atoms with van der Waals surface area (Å²) >= 11 is 0. The van der Waals surface area contributed by atoms with E-state index in [1.807, 2.05) is 20.8 Å². The summed E-state index contributed by atoms with van der Waals surface area (Å²) in [6, 6.07) is -2.85. The minimum Gasteiger partial charge on any atom is -0.363 e. The van der Waals surface area contributed by atoms with E-state index in [0.29, 0.717) is 25.8 Å². The lowest BCUT2D eigenvalue weighted by molar-refractivity contribution is -0.143. The van der Waals surface area contributed by atoms with Gasteiger partial charge in [0.05, 0.1) is 6.04 Å². The molecule has 1 heterocycles. The number of hydrogen-bond acceptors (Lipinski definition) is 5. The van der Waals surface area contributed by atoms with Gasteiger partial charge in [-0.1, -0.05) is 38.5 Å². The first-order chi connectivity index (χ1) is 17.0. The molecule has 10 nitrogen and oxygen atoms in total. The third-order valence-electron chi connectivity index (χ3n) is 7.67. The van der Waals surface area contributed by atoms with Gasteiger partial charge in [0.15, 0.2) is 0 Å². The Labute approximate surface area is 213 Å². The molecular formula is C26H43N5O5. The molecule has 1 saturated heterocycles. The minimum atomic E-state index is -1.06. The fourth-order valence-corrected chi connectivity index (χ4v) is 5.58. The topological polar surface area (TPSA) is 151 Å². The average molecular weight is 506 g/mol. The van der Waals surface area contributed by atoms with Crippen molar-refractivity contribution >= 4 is 29.5 Å². The van der Waals surface area contributed by atoms with Crippen LogP contribution in [0.3, 0.4) is 0 Å². The molecule has 1 aliphatic heterocycles. The standard InChI is InChI=1S/C26H43N5O5/c1-26(2,3)30-25(36)29-20(17-11-5-4-6-12-17)24(35)31-14-8-13-19(31)23(34)28-18(21(32)22(27)33)15-16-9-7-10-16/h16-20H,4-15H2,1-3H3,(H2,27,33)(H,28,34)(H2,29,30,36)/t18?,19-,20-/m0/s1. The van der Waals surface area contributed by atoms with Gasteiger partial charge in [-0.05, 0) is 64.7 Å². The Hall–Kier alpha value is -2.65. The van der Waals surface area contributed by atoms with E-state index in [4.69, 9.17) is 5.73 Å². The van der Waals surface area contributed by atoms with Crippen molar-refractivity contribution < 1.29 is 24.0 Å². The highest BCUT2D eigenvalue weighted by Crippen LogP contribution is 2.31. The van der Waals surface area contributed by atoms with E-state index in [0.717, 1.165) is 51.4 Å². The lowest BCUT2D eigenvalue weighted by Gasteiger charge is -2.35. The van der Waals surface area contributed by atoms with Crippen LogP contribution in [0.25, 0.3) is 0 Å². The number of carbonyl (C=O) groups is 5. The summed E-state index contributed by atoms with van der Waals surface area (Å²) in [6.07, 6.45) is 9.26. The SMILES string of the molecule is CC(C)(C)NC(=O)N[C@H](C(=O)N1CCC[C@H]1C(=O)NC(CC1CCC1)C(=O)C(N)=O)C1CCCCC1. The molecule has 1 unspecified atom stereocenters. The van der Waals surface area contributed by atoms with Crippen LogP contribution < -0.4 is 21.7 Å². The molecule has 3 aliphatic rings. The second-order valence-electron chi connectivity index (χ2n) is 11.7.